The van der Waals surface area contributed by atoms with Crippen molar-refractivity contribution in [2.45, 2.75) is 0 Å². The highest BCUT2D eigenvalue weighted by Crippen LogP contribution is 2.36. The molecule has 1 N–H and O–H groups in total. The van der Waals surface area contributed by atoms with Crippen LogP contribution in [0.4, 0.5) is 4.39 Å². The number of furan rings is 1. The first kappa shape index (κ1) is 22.4. The van der Waals surface area contributed by atoms with Crippen molar-refractivity contribution in [1.29, 1.82) is 0 Å². The molecule has 1 aromatic heterocycles. The molecule has 3 aromatic carbocycles. The highest BCUT2D eigenvalue weighted by atomic mass is 32.2. The van der Waals surface area contributed by atoms with Gasteiger partial charge in [0.05, 0.1) is 5.56 Å². The van der Waals surface area contributed by atoms with E-state index >= 15 is 0 Å². The Labute approximate surface area is 190 Å². The molecule has 0 radical (unpaired) electrons. The number of hydrogen-bond acceptors (Lipinski definition) is 5. The fourth-order valence-electron chi connectivity index (χ4n) is 3.63. The molecule has 1 amide bonds. The maximum atomic E-state index is 13.4. The zero-order chi connectivity index (χ0) is 23.8. The van der Waals surface area contributed by atoms with Gasteiger partial charge in [-0.05, 0) is 53.6 Å². The van der Waals surface area contributed by atoms with Crippen LogP contribution < -0.4 is 5.32 Å². The molecule has 4 aromatic rings. The van der Waals surface area contributed by atoms with Crippen LogP contribution in [0.25, 0.3) is 33.4 Å². The smallest absolute Gasteiger partial charge is 0.255 e. The Morgan fingerprint density at radius 3 is 2.27 bits per heavy atom. The fourth-order valence-corrected chi connectivity index (χ4v) is 4.27. The lowest BCUT2D eigenvalue weighted by molar-refractivity contribution is 0.0963. The molecule has 6 nitrogen and oxygen atoms in total. The maximum absolute atomic E-state index is 13.4. The number of rotatable bonds is 6. The van der Waals surface area contributed by atoms with Crippen molar-refractivity contribution >= 4 is 32.5 Å². The Bertz CT molecular complexity index is 1490. The van der Waals surface area contributed by atoms with Gasteiger partial charge in [-0.3, -0.25) is 9.59 Å². The summed E-state index contributed by atoms with van der Waals surface area (Å²) in [5.74, 6) is -1.50. The van der Waals surface area contributed by atoms with E-state index in [1.807, 2.05) is 0 Å². The van der Waals surface area contributed by atoms with Crippen LogP contribution in [0.2, 0.25) is 0 Å². The normalized spacial score (nSPS) is 11.5. The van der Waals surface area contributed by atoms with Crippen LogP contribution in [-0.2, 0) is 9.84 Å². The fraction of sp³-hybridized carbons (Fsp3) is 0.120. The summed E-state index contributed by atoms with van der Waals surface area (Å²) in [6.07, 6.45) is 1.01. The van der Waals surface area contributed by atoms with Crippen molar-refractivity contribution in [3.63, 3.8) is 0 Å². The number of sulfone groups is 1. The second kappa shape index (κ2) is 8.63. The Hall–Kier alpha value is -3.78. The molecule has 0 spiro atoms. The van der Waals surface area contributed by atoms with Crippen molar-refractivity contribution in [1.82, 2.24) is 5.32 Å². The molecule has 0 saturated heterocycles. The van der Waals surface area contributed by atoms with Crippen LogP contribution in [0, 0.1) is 5.82 Å². The number of hydrogen-bond donors (Lipinski definition) is 1. The summed E-state index contributed by atoms with van der Waals surface area (Å²) in [7, 11) is -1.94. The molecule has 0 aliphatic heterocycles. The number of carbonyl (C=O) groups excluding carboxylic acids is 2. The van der Waals surface area contributed by atoms with Gasteiger partial charge in [0.25, 0.3) is 5.91 Å². The van der Waals surface area contributed by atoms with Gasteiger partial charge >= 0.3 is 0 Å². The average molecular weight is 466 g/mol. The second-order valence-corrected chi connectivity index (χ2v) is 9.82. The van der Waals surface area contributed by atoms with Gasteiger partial charge in [0.1, 0.15) is 22.9 Å². The lowest BCUT2D eigenvalue weighted by Gasteiger charge is -2.06. The molecule has 168 valence electrons. The summed E-state index contributed by atoms with van der Waals surface area (Å²) in [5.41, 5.74) is 3.02. The van der Waals surface area contributed by atoms with Gasteiger partial charge in [-0.15, -0.1) is 0 Å². The molecule has 0 aliphatic carbocycles. The number of fused-ring (bicyclic) bond motifs is 1. The van der Waals surface area contributed by atoms with Gasteiger partial charge in [0.2, 0.25) is 0 Å². The van der Waals surface area contributed by atoms with Gasteiger partial charge < -0.3 is 9.73 Å². The number of ketones is 1. The third-order valence-electron chi connectivity index (χ3n) is 5.16. The molecule has 8 heteroatoms. The number of benzene rings is 3. The number of carbonyl (C=O) groups is 2. The lowest BCUT2D eigenvalue weighted by Crippen LogP contribution is -2.18. The molecule has 1 heterocycles. The van der Waals surface area contributed by atoms with Crippen LogP contribution in [-0.4, -0.2) is 39.2 Å². The van der Waals surface area contributed by atoms with Crippen LogP contribution in [0.3, 0.4) is 0 Å². The van der Waals surface area contributed by atoms with Crippen molar-refractivity contribution in [2.75, 3.05) is 19.1 Å². The van der Waals surface area contributed by atoms with Crippen LogP contribution >= 0.6 is 0 Å². The standard InChI is InChI=1S/C25H20FNO5S/c1-27-25(29)23-20-13-17(16-4-3-5-18(12-16)21(28)14-33(2,30)31)8-11-22(20)32-24(23)15-6-9-19(26)10-7-15/h3-13H,14H2,1-2H3,(H,27,29). The minimum atomic E-state index is -3.45. The summed E-state index contributed by atoms with van der Waals surface area (Å²) in [6.45, 7) is 0. The topological polar surface area (TPSA) is 93.4 Å². The predicted octanol–water partition coefficient (Wildman–Crippen LogP) is 4.49. The molecule has 0 saturated carbocycles. The Kier molecular flexibility index (Phi) is 5.86. The Morgan fingerprint density at radius 2 is 1.61 bits per heavy atom. The van der Waals surface area contributed by atoms with E-state index in [-0.39, 0.29) is 11.5 Å². The monoisotopic (exact) mass is 465 g/mol. The van der Waals surface area contributed by atoms with E-state index < -0.39 is 27.2 Å². The highest BCUT2D eigenvalue weighted by Gasteiger charge is 2.22. The van der Waals surface area contributed by atoms with Gasteiger partial charge in [0.15, 0.2) is 15.6 Å². The molecule has 0 atom stereocenters. The van der Waals surface area contributed by atoms with Crippen LogP contribution in [0.5, 0.6) is 0 Å². The molecule has 0 bridgehead atoms. The molecule has 0 aliphatic rings. The minimum Gasteiger partial charge on any atom is -0.455 e. The van der Waals surface area contributed by atoms with Crippen molar-refractivity contribution in [3.8, 4) is 22.5 Å². The van der Waals surface area contributed by atoms with Crippen molar-refractivity contribution in [2.24, 2.45) is 0 Å². The number of amides is 1. The molecule has 0 fully saturated rings. The first-order chi connectivity index (χ1) is 15.7. The summed E-state index contributed by atoms with van der Waals surface area (Å²) < 4.78 is 42.3. The van der Waals surface area contributed by atoms with E-state index in [1.54, 1.807) is 42.5 Å². The molecular weight excluding hydrogens is 445 g/mol. The summed E-state index contributed by atoms with van der Waals surface area (Å²) >= 11 is 0. The second-order valence-electron chi connectivity index (χ2n) is 7.68. The first-order valence-electron chi connectivity index (χ1n) is 10.0. The van der Waals surface area contributed by atoms with Crippen molar-refractivity contribution < 1.29 is 26.8 Å². The minimum absolute atomic E-state index is 0.281. The SMILES string of the molecule is CNC(=O)c1c(-c2ccc(F)cc2)oc2ccc(-c3cccc(C(=O)CS(C)(=O)=O)c3)cc12. The zero-order valence-electron chi connectivity index (χ0n) is 17.9. The van der Waals surface area contributed by atoms with E-state index in [4.69, 9.17) is 4.42 Å². The maximum Gasteiger partial charge on any atom is 0.255 e. The average Bonchev–Trinajstić information content (AvgIpc) is 3.16. The number of nitrogens with one attached hydrogen (secondary N) is 1. The molecule has 33 heavy (non-hydrogen) atoms. The highest BCUT2D eigenvalue weighted by molar-refractivity contribution is 7.91. The quantitative estimate of drug-likeness (QED) is 0.424. The van der Waals surface area contributed by atoms with Gasteiger partial charge in [-0.2, -0.15) is 0 Å². The number of Topliss-reactive ketones (excluding diaryl/α,β-unsaturated/α-hetero) is 1. The van der Waals surface area contributed by atoms with E-state index in [1.165, 1.54) is 31.3 Å². The summed E-state index contributed by atoms with van der Waals surface area (Å²) in [5, 5.41) is 3.17. The third kappa shape index (κ3) is 4.70. The molecule has 4 rings (SSSR count). The van der Waals surface area contributed by atoms with Gasteiger partial charge in [0, 0.05) is 29.8 Å². The van der Waals surface area contributed by atoms with E-state index in [0.717, 1.165) is 6.26 Å². The van der Waals surface area contributed by atoms with Crippen LogP contribution in [0.15, 0.2) is 71.1 Å². The van der Waals surface area contributed by atoms with E-state index in [0.29, 0.717) is 39.0 Å². The van der Waals surface area contributed by atoms with Gasteiger partial charge in [-0.1, -0.05) is 24.3 Å². The van der Waals surface area contributed by atoms with Crippen LogP contribution in [0.1, 0.15) is 20.7 Å². The van der Waals surface area contributed by atoms with Gasteiger partial charge in [-0.25, -0.2) is 12.8 Å². The Balaban J connectivity index is 1.83. The predicted molar refractivity (Wildman–Crippen MR) is 124 cm³/mol. The van der Waals surface area contributed by atoms with E-state index in [9.17, 15) is 22.4 Å². The molecule has 0 unspecified atom stereocenters. The summed E-state index contributed by atoms with van der Waals surface area (Å²) in [6, 6.07) is 17.6. The van der Waals surface area contributed by atoms with E-state index in [2.05, 4.69) is 5.32 Å². The Morgan fingerprint density at radius 1 is 0.939 bits per heavy atom. The lowest BCUT2D eigenvalue weighted by atomic mass is 9.98. The van der Waals surface area contributed by atoms with Crippen molar-refractivity contribution in [3.05, 3.63) is 83.7 Å². The number of halogens is 1. The first-order valence-corrected chi connectivity index (χ1v) is 12.1. The molecular formula is C25H20FNO5S. The largest absolute Gasteiger partial charge is 0.455 e. The summed E-state index contributed by atoms with van der Waals surface area (Å²) in [4.78, 5) is 25.1. The third-order valence-corrected chi connectivity index (χ3v) is 5.95. The zero-order valence-corrected chi connectivity index (χ0v) is 18.7.